The van der Waals surface area contributed by atoms with E-state index in [1.807, 2.05) is 18.2 Å². The fraction of sp³-hybridized carbons (Fsp3) is 0.375. The minimum atomic E-state index is -0.364. The van der Waals surface area contributed by atoms with Crippen LogP contribution in [0.4, 0.5) is 4.39 Å². The Morgan fingerprint density at radius 1 is 1.06 bits per heavy atom. The molecule has 0 saturated heterocycles. The number of nitrogens with one attached hydrogen (secondary N) is 1. The van der Waals surface area contributed by atoms with Gasteiger partial charge in [-0.15, -0.1) is 10.2 Å². The molecular formula is C24H28FN5O3. The Hall–Kier alpha value is -3.46. The second-order valence-electron chi connectivity index (χ2n) is 7.90. The molecule has 1 aromatic heterocycles. The van der Waals surface area contributed by atoms with Crippen molar-refractivity contribution in [2.24, 2.45) is 0 Å². The van der Waals surface area contributed by atoms with Crippen molar-refractivity contribution in [1.82, 2.24) is 25.0 Å². The summed E-state index contributed by atoms with van der Waals surface area (Å²) in [5.41, 5.74) is 1.54. The molecule has 1 aliphatic heterocycles. The van der Waals surface area contributed by atoms with Gasteiger partial charge in [0.2, 0.25) is 0 Å². The van der Waals surface area contributed by atoms with Crippen LogP contribution >= 0.6 is 0 Å². The van der Waals surface area contributed by atoms with Crippen LogP contribution in [0.2, 0.25) is 0 Å². The molecule has 0 radical (unpaired) electrons. The number of benzene rings is 2. The lowest BCUT2D eigenvalue weighted by atomic mass is 10.1. The number of hydrogen-bond donors (Lipinski definition) is 1. The van der Waals surface area contributed by atoms with Gasteiger partial charge in [-0.1, -0.05) is 6.07 Å². The van der Waals surface area contributed by atoms with E-state index in [0.717, 1.165) is 61.3 Å². The van der Waals surface area contributed by atoms with E-state index in [0.29, 0.717) is 18.5 Å². The lowest BCUT2D eigenvalue weighted by Crippen LogP contribution is -2.28. The monoisotopic (exact) mass is 453 g/mol. The van der Waals surface area contributed by atoms with Crippen molar-refractivity contribution in [2.75, 3.05) is 33.9 Å². The number of nitrogens with zero attached hydrogens (tertiary/aromatic N) is 4. The summed E-state index contributed by atoms with van der Waals surface area (Å²) in [5.74, 6) is 2.80. The highest BCUT2D eigenvalue weighted by Gasteiger charge is 2.20. The van der Waals surface area contributed by atoms with Crippen molar-refractivity contribution < 1.29 is 18.7 Å². The number of hydrogen-bond acceptors (Lipinski definition) is 6. The molecule has 0 spiro atoms. The highest BCUT2D eigenvalue weighted by molar-refractivity contribution is 5.94. The van der Waals surface area contributed by atoms with Crippen LogP contribution in [0.25, 0.3) is 0 Å². The second kappa shape index (κ2) is 10.4. The average Bonchev–Trinajstić information content (AvgIpc) is 3.11. The normalized spacial score (nSPS) is 13.8. The van der Waals surface area contributed by atoms with Crippen LogP contribution in [-0.2, 0) is 25.9 Å². The summed E-state index contributed by atoms with van der Waals surface area (Å²) in [6.45, 7) is 3.71. The van der Waals surface area contributed by atoms with Crippen LogP contribution in [0.15, 0.2) is 42.5 Å². The van der Waals surface area contributed by atoms with Gasteiger partial charge >= 0.3 is 0 Å². The molecule has 1 N–H and O–H groups in total. The molecule has 0 saturated carbocycles. The Labute approximate surface area is 192 Å². The number of rotatable bonds is 8. The second-order valence-corrected chi connectivity index (χ2v) is 7.90. The highest BCUT2D eigenvalue weighted by atomic mass is 19.1. The third-order valence-electron chi connectivity index (χ3n) is 5.82. The topological polar surface area (TPSA) is 81.5 Å². The zero-order valence-corrected chi connectivity index (χ0v) is 18.9. The Balaban J connectivity index is 1.33. The highest BCUT2D eigenvalue weighted by Crippen LogP contribution is 2.26. The third kappa shape index (κ3) is 5.48. The third-order valence-corrected chi connectivity index (χ3v) is 5.82. The lowest BCUT2D eigenvalue weighted by molar-refractivity contribution is 0.0954. The number of methoxy groups -OCH3 is 2. The summed E-state index contributed by atoms with van der Waals surface area (Å²) in [7, 11) is 3.31. The largest absolute Gasteiger partial charge is 0.497 e. The van der Waals surface area contributed by atoms with Gasteiger partial charge in [-0.05, 0) is 30.3 Å². The summed E-state index contributed by atoms with van der Waals surface area (Å²) >= 11 is 0. The molecule has 0 fully saturated rings. The van der Waals surface area contributed by atoms with Crippen LogP contribution in [0.5, 0.6) is 11.5 Å². The molecule has 0 bridgehead atoms. The molecule has 1 amide bonds. The van der Waals surface area contributed by atoms with E-state index in [2.05, 4.69) is 25.0 Å². The zero-order valence-electron chi connectivity index (χ0n) is 18.9. The van der Waals surface area contributed by atoms with Crippen LogP contribution in [0.1, 0.15) is 27.6 Å². The van der Waals surface area contributed by atoms with E-state index in [4.69, 9.17) is 9.47 Å². The molecule has 4 rings (SSSR count). The Morgan fingerprint density at radius 3 is 2.64 bits per heavy atom. The van der Waals surface area contributed by atoms with Crippen molar-refractivity contribution in [3.63, 3.8) is 0 Å². The Kier molecular flexibility index (Phi) is 7.19. The van der Waals surface area contributed by atoms with Crippen molar-refractivity contribution in [1.29, 1.82) is 0 Å². The first-order valence-electron chi connectivity index (χ1n) is 11.0. The molecule has 9 heteroatoms. The average molecular weight is 454 g/mol. The SMILES string of the molecule is COc1ccc(CN2CCc3nnc(CCNC(=O)c4ccc(F)cc4)n3CC2)c(OC)c1. The van der Waals surface area contributed by atoms with Crippen LogP contribution in [0.3, 0.4) is 0 Å². The quantitative estimate of drug-likeness (QED) is 0.564. The Morgan fingerprint density at radius 2 is 1.88 bits per heavy atom. The molecule has 8 nitrogen and oxygen atoms in total. The van der Waals surface area contributed by atoms with Gasteiger partial charge in [-0.25, -0.2) is 4.39 Å². The number of amides is 1. The molecule has 0 aliphatic carbocycles. The van der Waals surface area contributed by atoms with Crippen molar-refractivity contribution in [2.45, 2.75) is 25.9 Å². The maximum absolute atomic E-state index is 13.0. The molecule has 2 aromatic carbocycles. The molecule has 3 aromatic rings. The van der Waals surface area contributed by atoms with E-state index in [9.17, 15) is 9.18 Å². The van der Waals surface area contributed by atoms with Gasteiger partial charge in [-0.3, -0.25) is 9.69 Å². The fourth-order valence-corrected chi connectivity index (χ4v) is 3.98. The van der Waals surface area contributed by atoms with Crippen LogP contribution in [-0.4, -0.2) is 59.4 Å². The number of aromatic nitrogens is 3. The van der Waals surface area contributed by atoms with E-state index >= 15 is 0 Å². The van der Waals surface area contributed by atoms with Crippen molar-refractivity contribution >= 4 is 5.91 Å². The molecule has 0 atom stereocenters. The summed E-state index contributed by atoms with van der Waals surface area (Å²) < 4.78 is 26.0. The van der Waals surface area contributed by atoms with Crippen LogP contribution < -0.4 is 14.8 Å². The van der Waals surface area contributed by atoms with Gasteiger partial charge in [0.25, 0.3) is 5.91 Å². The predicted octanol–water partition coefficient (Wildman–Crippen LogP) is 2.47. The number of carbonyl (C=O) groups excluding carboxylic acids is 1. The standard InChI is InChI=1S/C24H28FN5O3/c1-32-20-8-5-18(21(15-20)33-2)16-29-12-10-23-28-27-22(30(23)14-13-29)9-11-26-24(31)17-3-6-19(25)7-4-17/h3-8,15H,9-14,16H2,1-2H3,(H,26,31). The van der Waals surface area contributed by atoms with Gasteiger partial charge in [0, 0.05) is 62.8 Å². The van der Waals surface area contributed by atoms with E-state index in [1.165, 1.54) is 24.3 Å². The minimum Gasteiger partial charge on any atom is -0.497 e. The predicted molar refractivity (Wildman–Crippen MR) is 121 cm³/mol. The molecule has 1 aliphatic rings. The zero-order chi connectivity index (χ0) is 23.2. The number of carbonyl (C=O) groups is 1. The lowest BCUT2D eigenvalue weighted by Gasteiger charge is -2.21. The van der Waals surface area contributed by atoms with Gasteiger partial charge in [0.05, 0.1) is 14.2 Å². The number of fused-ring (bicyclic) bond motifs is 1. The van der Waals surface area contributed by atoms with Gasteiger partial charge in [0.15, 0.2) is 0 Å². The summed E-state index contributed by atoms with van der Waals surface area (Å²) in [6, 6.07) is 11.4. The molecular weight excluding hydrogens is 425 g/mol. The Bertz CT molecular complexity index is 1100. The van der Waals surface area contributed by atoms with Gasteiger partial charge in [-0.2, -0.15) is 0 Å². The number of halogens is 1. The van der Waals surface area contributed by atoms with Gasteiger partial charge in [0.1, 0.15) is 29.0 Å². The first-order chi connectivity index (χ1) is 16.1. The van der Waals surface area contributed by atoms with E-state index in [1.54, 1.807) is 14.2 Å². The first-order valence-corrected chi connectivity index (χ1v) is 11.0. The van der Waals surface area contributed by atoms with E-state index in [-0.39, 0.29) is 11.7 Å². The van der Waals surface area contributed by atoms with Crippen LogP contribution in [0, 0.1) is 5.82 Å². The maximum Gasteiger partial charge on any atom is 0.251 e. The fourth-order valence-electron chi connectivity index (χ4n) is 3.98. The summed E-state index contributed by atoms with van der Waals surface area (Å²) in [4.78, 5) is 14.6. The molecule has 2 heterocycles. The molecule has 0 unspecified atom stereocenters. The smallest absolute Gasteiger partial charge is 0.251 e. The maximum atomic E-state index is 13.0. The number of ether oxygens (including phenoxy) is 2. The minimum absolute atomic E-state index is 0.231. The molecule has 174 valence electrons. The first kappa shape index (κ1) is 22.7. The van der Waals surface area contributed by atoms with Crippen molar-refractivity contribution in [3.05, 3.63) is 71.1 Å². The van der Waals surface area contributed by atoms with E-state index < -0.39 is 0 Å². The molecule has 33 heavy (non-hydrogen) atoms. The van der Waals surface area contributed by atoms with Gasteiger partial charge < -0.3 is 19.4 Å². The summed E-state index contributed by atoms with van der Waals surface area (Å²) in [6.07, 6.45) is 1.37. The summed E-state index contributed by atoms with van der Waals surface area (Å²) in [5, 5.41) is 11.6. The van der Waals surface area contributed by atoms with Crippen molar-refractivity contribution in [3.8, 4) is 11.5 Å².